The molecule has 1 N–H and O–H groups in total. The van der Waals surface area contributed by atoms with E-state index >= 15 is 0 Å². The molecule has 5 nitrogen and oxygen atoms in total. The summed E-state index contributed by atoms with van der Waals surface area (Å²) in [4.78, 5) is 34.6. The van der Waals surface area contributed by atoms with Crippen molar-refractivity contribution in [2.24, 2.45) is 0 Å². The van der Waals surface area contributed by atoms with Crippen LogP contribution >= 0.6 is 15.9 Å². The predicted molar refractivity (Wildman–Crippen MR) is 140 cm³/mol. The maximum atomic E-state index is 14.1. The third-order valence-electron chi connectivity index (χ3n) is 7.67. The molecule has 3 aromatic carbocycles. The molecule has 1 saturated heterocycles. The molecule has 36 heavy (non-hydrogen) atoms. The minimum absolute atomic E-state index is 0.0399. The lowest BCUT2D eigenvalue weighted by molar-refractivity contribution is -0.166. The van der Waals surface area contributed by atoms with Gasteiger partial charge < -0.3 is 14.8 Å². The van der Waals surface area contributed by atoms with E-state index in [1.807, 2.05) is 37.3 Å². The van der Waals surface area contributed by atoms with Gasteiger partial charge in [-0.3, -0.25) is 9.59 Å². The molecule has 2 amide bonds. The maximum absolute atomic E-state index is 14.1. The Balaban J connectivity index is 1.43. The monoisotopic (exact) mass is 545 g/mol. The predicted octanol–water partition coefficient (Wildman–Crippen LogP) is 5.34. The number of nitrogens with zero attached hydrogens (tertiary/aromatic N) is 2. The number of halogens is 2. The zero-order chi connectivity index (χ0) is 25.0. The van der Waals surface area contributed by atoms with Gasteiger partial charge in [0, 0.05) is 34.4 Å². The highest BCUT2D eigenvalue weighted by Crippen LogP contribution is 2.48. The van der Waals surface area contributed by atoms with Crippen LogP contribution in [0.1, 0.15) is 35.2 Å². The van der Waals surface area contributed by atoms with Crippen LogP contribution in [-0.4, -0.2) is 46.2 Å². The van der Waals surface area contributed by atoms with Crippen molar-refractivity contribution in [3.05, 3.63) is 105 Å². The van der Waals surface area contributed by atoms with Crippen molar-refractivity contribution in [1.82, 2.24) is 14.8 Å². The topological polar surface area (TPSA) is 56.4 Å². The van der Waals surface area contributed by atoms with Gasteiger partial charge in [0.2, 0.25) is 5.91 Å². The van der Waals surface area contributed by atoms with Crippen LogP contribution in [0.3, 0.4) is 0 Å². The van der Waals surface area contributed by atoms with Gasteiger partial charge in [0.25, 0.3) is 5.91 Å². The number of aromatic nitrogens is 1. The lowest BCUT2D eigenvalue weighted by atomic mass is 9.76. The first-order valence-corrected chi connectivity index (χ1v) is 12.9. The van der Waals surface area contributed by atoms with Crippen LogP contribution in [0, 0.1) is 5.82 Å². The molecule has 6 rings (SSSR count). The van der Waals surface area contributed by atoms with E-state index in [1.165, 1.54) is 12.1 Å². The lowest BCUT2D eigenvalue weighted by Crippen LogP contribution is -2.67. The molecule has 0 unspecified atom stereocenters. The highest BCUT2D eigenvalue weighted by atomic mass is 79.9. The van der Waals surface area contributed by atoms with Crippen molar-refractivity contribution in [2.75, 3.05) is 19.6 Å². The Labute approximate surface area is 217 Å². The lowest BCUT2D eigenvalue weighted by Gasteiger charge is -2.51. The Morgan fingerprint density at radius 3 is 2.50 bits per heavy atom. The summed E-state index contributed by atoms with van der Waals surface area (Å²) in [6, 6.07) is 22.5. The molecule has 7 heteroatoms. The molecule has 0 aliphatic carbocycles. The fraction of sp³-hybridized carbons (Fsp3) is 0.241. The molecule has 1 aromatic heterocycles. The van der Waals surface area contributed by atoms with Gasteiger partial charge in [0.1, 0.15) is 5.82 Å². The number of rotatable bonds is 4. The first-order valence-electron chi connectivity index (χ1n) is 12.1. The number of benzene rings is 3. The van der Waals surface area contributed by atoms with Gasteiger partial charge in [-0.1, -0.05) is 58.4 Å². The van der Waals surface area contributed by atoms with Gasteiger partial charge in [0.15, 0.2) is 5.54 Å². The highest BCUT2D eigenvalue weighted by molar-refractivity contribution is 9.10. The van der Waals surface area contributed by atoms with Crippen molar-refractivity contribution >= 4 is 38.6 Å². The van der Waals surface area contributed by atoms with E-state index in [9.17, 15) is 14.0 Å². The quantitative estimate of drug-likeness (QED) is 0.376. The van der Waals surface area contributed by atoms with Gasteiger partial charge in [0.05, 0.1) is 12.2 Å². The first-order chi connectivity index (χ1) is 17.4. The summed E-state index contributed by atoms with van der Waals surface area (Å²) in [6.45, 7) is 2.73. The fourth-order valence-electron chi connectivity index (χ4n) is 5.77. The molecule has 1 fully saturated rings. The molecule has 2 aliphatic rings. The van der Waals surface area contributed by atoms with Crippen molar-refractivity contribution in [3.63, 3.8) is 0 Å². The van der Waals surface area contributed by atoms with Gasteiger partial charge in [-0.25, -0.2) is 4.39 Å². The van der Waals surface area contributed by atoms with E-state index in [-0.39, 0.29) is 30.1 Å². The minimum Gasteiger partial charge on any atom is -0.356 e. The summed E-state index contributed by atoms with van der Waals surface area (Å²) < 4.78 is 14.3. The molecule has 2 atom stereocenters. The van der Waals surface area contributed by atoms with Crippen molar-refractivity contribution in [3.8, 4) is 0 Å². The normalized spacial score (nSPS) is 21.6. The fourth-order valence-corrected chi connectivity index (χ4v) is 6.03. The SMILES string of the molecule is C[C@]12C(=O)N(CCc3ccc(F)cc3)CC(=O)N1C[C@@H](c1ccc(Br)cc1)c1c2[nH]c2ccccc12. The molecule has 0 bridgehead atoms. The van der Waals surface area contributed by atoms with Crippen molar-refractivity contribution in [2.45, 2.75) is 24.8 Å². The molecular weight excluding hydrogens is 521 g/mol. The number of carbonyl (C=O) groups excluding carboxylic acids is 2. The number of piperazine rings is 1. The zero-order valence-corrected chi connectivity index (χ0v) is 21.4. The Bertz CT molecular complexity index is 1480. The van der Waals surface area contributed by atoms with Gasteiger partial charge in [-0.05, 0) is 60.4 Å². The Kier molecular flexibility index (Phi) is 5.48. The summed E-state index contributed by atoms with van der Waals surface area (Å²) in [5.41, 5.74) is 3.72. The van der Waals surface area contributed by atoms with Crippen LogP contribution in [0.5, 0.6) is 0 Å². The van der Waals surface area contributed by atoms with E-state index in [1.54, 1.807) is 21.9 Å². The van der Waals surface area contributed by atoms with Crippen molar-refractivity contribution < 1.29 is 14.0 Å². The number of H-pyrrole nitrogens is 1. The average molecular weight is 546 g/mol. The molecule has 0 saturated carbocycles. The second kappa shape index (κ2) is 8.59. The smallest absolute Gasteiger partial charge is 0.254 e. The molecule has 182 valence electrons. The number of para-hydroxylation sites is 1. The Hall–Kier alpha value is -3.45. The van der Waals surface area contributed by atoms with Crippen LogP contribution in [0.4, 0.5) is 4.39 Å². The maximum Gasteiger partial charge on any atom is 0.254 e. The zero-order valence-electron chi connectivity index (χ0n) is 19.8. The second-order valence-corrected chi connectivity index (χ2v) is 10.7. The van der Waals surface area contributed by atoms with Gasteiger partial charge in [-0.2, -0.15) is 0 Å². The van der Waals surface area contributed by atoms with Gasteiger partial charge >= 0.3 is 0 Å². The number of hydrogen-bond donors (Lipinski definition) is 1. The minimum atomic E-state index is -1.13. The first kappa shape index (κ1) is 23.0. The average Bonchev–Trinajstić information content (AvgIpc) is 3.28. The number of nitrogens with one attached hydrogen (secondary N) is 1. The molecule has 2 aliphatic heterocycles. The molecule has 3 heterocycles. The van der Waals surface area contributed by atoms with Gasteiger partial charge in [-0.15, -0.1) is 0 Å². The second-order valence-electron chi connectivity index (χ2n) is 9.74. The molecular formula is C29H25BrFN3O2. The summed E-state index contributed by atoms with van der Waals surface area (Å²) in [7, 11) is 0. The number of hydrogen-bond acceptors (Lipinski definition) is 2. The molecule has 4 aromatic rings. The number of fused-ring (bicyclic) bond motifs is 5. The highest BCUT2D eigenvalue weighted by Gasteiger charge is 2.56. The molecule has 0 spiro atoms. The van der Waals surface area contributed by atoms with Crippen LogP contribution in [0.15, 0.2) is 77.3 Å². The summed E-state index contributed by atoms with van der Waals surface area (Å²) in [5.74, 6) is -0.506. The van der Waals surface area contributed by atoms with Crippen LogP contribution in [-0.2, 0) is 21.5 Å². The Morgan fingerprint density at radius 2 is 1.75 bits per heavy atom. The van der Waals surface area contributed by atoms with Crippen molar-refractivity contribution in [1.29, 1.82) is 0 Å². The largest absolute Gasteiger partial charge is 0.356 e. The van der Waals surface area contributed by atoms with E-state index in [0.717, 1.165) is 37.8 Å². The third-order valence-corrected chi connectivity index (χ3v) is 8.20. The summed E-state index contributed by atoms with van der Waals surface area (Å²) >= 11 is 3.52. The van der Waals surface area contributed by atoms with E-state index < -0.39 is 5.54 Å². The number of aromatic amines is 1. The third kappa shape index (κ3) is 3.56. The standard InChI is InChI=1S/C29H25BrFN3O2/c1-29-27-26(22-4-2-3-5-24(22)32-27)23(19-8-10-20(30)11-9-19)16-34(29)25(35)17-33(28(29)36)15-14-18-6-12-21(31)13-7-18/h2-13,23,32H,14-17H2,1H3/t23-,29-/m0/s1. The summed E-state index contributed by atoms with van der Waals surface area (Å²) in [6.07, 6.45) is 0.552. The van der Waals surface area contributed by atoms with Crippen LogP contribution < -0.4 is 0 Å². The summed E-state index contributed by atoms with van der Waals surface area (Å²) in [5, 5.41) is 1.07. The Morgan fingerprint density at radius 1 is 1.03 bits per heavy atom. The number of carbonyl (C=O) groups is 2. The van der Waals surface area contributed by atoms with E-state index in [4.69, 9.17) is 0 Å². The number of amides is 2. The van der Waals surface area contributed by atoms with Crippen LogP contribution in [0.2, 0.25) is 0 Å². The van der Waals surface area contributed by atoms with E-state index in [0.29, 0.717) is 19.5 Å². The van der Waals surface area contributed by atoms with Crippen LogP contribution in [0.25, 0.3) is 10.9 Å². The molecule has 0 radical (unpaired) electrons. The van der Waals surface area contributed by atoms with E-state index in [2.05, 4.69) is 39.1 Å².